The number of carbonyl (C=O) groups is 2. The Morgan fingerprint density at radius 1 is 1.16 bits per heavy atom. The van der Waals surface area contributed by atoms with Gasteiger partial charge in [-0.2, -0.15) is 0 Å². The van der Waals surface area contributed by atoms with Gasteiger partial charge in [0.05, 0.1) is 12.4 Å². The lowest BCUT2D eigenvalue weighted by Crippen LogP contribution is -2.49. The van der Waals surface area contributed by atoms with Gasteiger partial charge in [0, 0.05) is 19.6 Å². The lowest BCUT2D eigenvalue weighted by Gasteiger charge is -2.19. The van der Waals surface area contributed by atoms with Crippen molar-refractivity contribution in [2.24, 2.45) is 0 Å². The average molecular weight is 342 g/mol. The van der Waals surface area contributed by atoms with E-state index in [9.17, 15) is 9.59 Å². The van der Waals surface area contributed by atoms with E-state index in [0.717, 1.165) is 25.0 Å². The van der Waals surface area contributed by atoms with Crippen molar-refractivity contribution in [3.63, 3.8) is 0 Å². The monoisotopic (exact) mass is 342 g/mol. The Kier molecular flexibility index (Phi) is 5.85. The second kappa shape index (κ2) is 8.48. The number of hydrogen-bond donors (Lipinski definition) is 2. The predicted molar refractivity (Wildman–Crippen MR) is 92.1 cm³/mol. The maximum Gasteiger partial charge on any atom is 0.287 e. The molecule has 1 aromatic heterocycles. The molecule has 2 amide bonds. The first-order valence-electron chi connectivity index (χ1n) is 8.50. The van der Waals surface area contributed by atoms with Gasteiger partial charge in [0.25, 0.3) is 5.91 Å². The molecule has 2 heterocycles. The number of hydrogen-bond acceptors (Lipinski definition) is 4. The van der Waals surface area contributed by atoms with Crippen molar-refractivity contribution < 1.29 is 18.7 Å². The van der Waals surface area contributed by atoms with Gasteiger partial charge in [-0.15, -0.1) is 0 Å². The number of furan rings is 1. The molecule has 1 aliphatic rings. The number of ether oxygens (including phenoxy) is 1. The van der Waals surface area contributed by atoms with Gasteiger partial charge in [-0.25, -0.2) is 0 Å². The van der Waals surface area contributed by atoms with E-state index in [-0.39, 0.29) is 17.8 Å². The molecule has 2 N–H and O–H groups in total. The van der Waals surface area contributed by atoms with Crippen molar-refractivity contribution in [3.05, 3.63) is 60.1 Å². The molecule has 132 valence electrons. The highest BCUT2D eigenvalue weighted by atomic mass is 16.5. The number of rotatable bonds is 7. The molecule has 3 rings (SSSR count). The number of benzene rings is 1. The molecular formula is C19H22N2O4. The summed E-state index contributed by atoms with van der Waals surface area (Å²) >= 11 is 0. The smallest absolute Gasteiger partial charge is 0.287 e. The molecule has 1 saturated heterocycles. The van der Waals surface area contributed by atoms with Crippen LogP contribution in [-0.4, -0.2) is 37.1 Å². The van der Waals surface area contributed by atoms with Crippen LogP contribution in [0.25, 0.3) is 0 Å². The molecule has 0 aliphatic carbocycles. The Hall–Kier alpha value is -2.60. The van der Waals surface area contributed by atoms with Crippen LogP contribution in [-0.2, 0) is 16.0 Å². The van der Waals surface area contributed by atoms with Crippen LogP contribution in [0.4, 0.5) is 0 Å². The predicted octanol–water partition coefficient (Wildman–Crippen LogP) is 1.92. The van der Waals surface area contributed by atoms with E-state index >= 15 is 0 Å². The lowest BCUT2D eigenvalue weighted by atomic mass is 10.0. The molecule has 1 aliphatic heterocycles. The minimum Gasteiger partial charge on any atom is -0.459 e. The molecule has 25 heavy (non-hydrogen) atoms. The zero-order valence-electron chi connectivity index (χ0n) is 13.9. The van der Waals surface area contributed by atoms with Crippen molar-refractivity contribution in [2.75, 3.05) is 13.2 Å². The molecule has 2 atom stereocenters. The topological polar surface area (TPSA) is 80.6 Å². The van der Waals surface area contributed by atoms with Crippen LogP contribution in [0.3, 0.4) is 0 Å². The summed E-state index contributed by atoms with van der Waals surface area (Å²) in [7, 11) is 0. The van der Waals surface area contributed by atoms with E-state index < -0.39 is 11.9 Å². The van der Waals surface area contributed by atoms with Gasteiger partial charge in [0.15, 0.2) is 5.76 Å². The number of amides is 2. The van der Waals surface area contributed by atoms with Crippen LogP contribution in [0, 0.1) is 0 Å². The second-order valence-electron chi connectivity index (χ2n) is 6.07. The molecule has 2 unspecified atom stereocenters. The largest absolute Gasteiger partial charge is 0.459 e. The first-order valence-corrected chi connectivity index (χ1v) is 8.50. The van der Waals surface area contributed by atoms with Crippen LogP contribution in [0.15, 0.2) is 53.1 Å². The maximum absolute atomic E-state index is 12.6. The summed E-state index contributed by atoms with van der Waals surface area (Å²) in [5.41, 5.74) is 0.972. The van der Waals surface area contributed by atoms with Crippen molar-refractivity contribution >= 4 is 11.8 Å². The quantitative estimate of drug-likeness (QED) is 0.805. The van der Waals surface area contributed by atoms with E-state index in [1.807, 2.05) is 30.3 Å². The van der Waals surface area contributed by atoms with Gasteiger partial charge in [0.2, 0.25) is 5.91 Å². The van der Waals surface area contributed by atoms with E-state index in [2.05, 4.69) is 10.6 Å². The number of carbonyl (C=O) groups excluding carboxylic acids is 2. The van der Waals surface area contributed by atoms with E-state index in [1.165, 1.54) is 6.26 Å². The maximum atomic E-state index is 12.6. The SMILES string of the molecule is O=C(NC(Cc1ccccc1)C(=O)NCC1CCCO1)c1ccco1. The fraction of sp³-hybridized carbons (Fsp3) is 0.368. The highest BCUT2D eigenvalue weighted by Crippen LogP contribution is 2.11. The summed E-state index contributed by atoms with van der Waals surface area (Å²) < 4.78 is 10.6. The first kappa shape index (κ1) is 17.2. The summed E-state index contributed by atoms with van der Waals surface area (Å²) in [5, 5.41) is 5.64. The van der Waals surface area contributed by atoms with Gasteiger partial charge in [-0.3, -0.25) is 9.59 Å². The molecule has 1 fully saturated rings. The Labute approximate surface area is 146 Å². The molecule has 0 spiro atoms. The van der Waals surface area contributed by atoms with Crippen LogP contribution in [0.2, 0.25) is 0 Å². The third-order valence-electron chi connectivity index (χ3n) is 4.18. The van der Waals surface area contributed by atoms with Crippen molar-refractivity contribution in [3.8, 4) is 0 Å². The van der Waals surface area contributed by atoms with E-state index in [4.69, 9.17) is 9.15 Å². The summed E-state index contributed by atoms with van der Waals surface area (Å²) in [6.07, 6.45) is 3.86. The third-order valence-corrected chi connectivity index (χ3v) is 4.18. The van der Waals surface area contributed by atoms with Crippen molar-refractivity contribution in [2.45, 2.75) is 31.4 Å². The average Bonchev–Trinajstić information content (AvgIpc) is 3.33. The van der Waals surface area contributed by atoms with Gasteiger partial charge >= 0.3 is 0 Å². The van der Waals surface area contributed by atoms with Crippen LogP contribution in [0.5, 0.6) is 0 Å². The van der Waals surface area contributed by atoms with Crippen LogP contribution >= 0.6 is 0 Å². The Morgan fingerprint density at radius 3 is 2.68 bits per heavy atom. The fourth-order valence-electron chi connectivity index (χ4n) is 2.84. The summed E-state index contributed by atoms with van der Waals surface area (Å²) in [5.74, 6) is -0.442. The molecule has 6 nitrogen and oxygen atoms in total. The minimum absolute atomic E-state index is 0.0575. The zero-order chi connectivity index (χ0) is 17.5. The molecule has 0 bridgehead atoms. The fourth-order valence-corrected chi connectivity index (χ4v) is 2.84. The van der Waals surface area contributed by atoms with Crippen LogP contribution < -0.4 is 10.6 Å². The minimum atomic E-state index is -0.679. The highest BCUT2D eigenvalue weighted by Gasteiger charge is 2.24. The normalized spacial score (nSPS) is 17.8. The third kappa shape index (κ3) is 4.93. The van der Waals surface area contributed by atoms with Crippen molar-refractivity contribution in [1.29, 1.82) is 0 Å². The van der Waals surface area contributed by atoms with Gasteiger partial charge in [-0.1, -0.05) is 30.3 Å². The summed E-state index contributed by atoms with van der Waals surface area (Å²) in [6, 6.07) is 12.1. The standard InChI is InChI=1S/C19H22N2O4/c22-18(20-13-15-8-4-10-24-15)16(12-14-6-2-1-3-7-14)21-19(23)17-9-5-11-25-17/h1-3,5-7,9,11,15-16H,4,8,10,12-13H2,(H,20,22)(H,21,23). The molecule has 2 aromatic rings. The molecular weight excluding hydrogens is 320 g/mol. The van der Waals surface area contributed by atoms with Gasteiger partial charge in [0.1, 0.15) is 6.04 Å². The van der Waals surface area contributed by atoms with E-state index in [0.29, 0.717) is 13.0 Å². The summed E-state index contributed by atoms with van der Waals surface area (Å²) in [4.78, 5) is 24.9. The molecule has 0 radical (unpaired) electrons. The second-order valence-corrected chi connectivity index (χ2v) is 6.07. The molecule has 1 aromatic carbocycles. The first-order chi connectivity index (χ1) is 12.2. The Bertz CT molecular complexity index is 679. The van der Waals surface area contributed by atoms with E-state index in [1.54, 1.807) is 12.1 Å². The zero-order valence-corrected chi connectivity index (χ0v) is 13.9. The Morgan fingerprint density at radius 2 is 2.00 bits per heavy atom. The summed E-state index contributed by atoms with van der Waals surface area (Å²) in [6.45, 7) is 1.20. The Balaban J connectivity index is 1.64. The van der Waals surface area contributed by atoms with Crippen LogP contribution in [0.1, 0.15) is 29.0 Å². The molecule has 6 heteroatoms. The molecule has 0 saturated carbocycles. The number of nitrogens with one attached hydrogen (secondary N) is 2. The van der Waals surface area contributed by atoms with Gasteiger partial charge < -0.3 is 19.8 Å². The van der Waals surface area contributed by atoms with Crippen molar-refractivity contribution in [1.82, 2.24) is 10.6 Å². The lowest BCUT2D eigenvalue weighted by molar-refractivity contribution is -0.123. The van der Waals surface area contributed by atoms with Gasteiger partial charge in [-0.05, 0) is 30.5 Å². The highest BCUT2D eigenvalue weighted by molar-refractivity contribution is 5.95.